The van der Waals surface area contributed by atoms with Crippen molar-refractivity contribution in [2.45, 2.75) is 25.6 Å². The molecule has 1 aromatic carbocycles. The molecule has 3 rings (SSSR count). The maximum absolute atomic E-state index is 12.4. The molecule has 1 aromatic heterocycles. The van der Waals surface area contributed by atoms with Gasteiger partial charge in [-0.25, -0.2) is 19.3 Å². The summed E-state index contributed by atoms with van der Waals surface area (Å²) in [7, 11) is 0. The van der Waals surface area contributed by atoms with Gasteiger partial charge in [0.25, 0.3) is 5.82 Å². The minimum absolute atomic E-state index is 0.166. The van der Waals surface area contributed by atoms with Gasteiger partial charge in [-0.1, -0.05) is 30.3 Å². The summed E-state index contributed by atoms with van der Waals surface area (Å²) in [6, 6.07) is 8.68. The molecular formula is C15H16N4O4. The fourth-order valence-corrected chi connectivity index (χ4v) is 2.42. The Bertz CT molecular complexity index is 714. The van der Waals surface area contributed by atoms with Gasteiger partial charge in [0.2, 0.25) is 0 Å². The number of esters is 1. The minimum atomic E-state index is -1.22. The van der Waals surface area contributed by atoms with Gasteiger partial charge in [-0.3, -0.25) is 0 Å². The molecule has 2 N–H and O–H groups in total. The average Bonchev–Trinajstić information content (AvgIpc) is 2.88. The number of ether oxygens (including phenoxy) is 1. The standard InChI is InChI=1S/C15H16N4O4/c20-14(21)13-17-12-8-16-7-6-11(19(12)18-13)15(22)23-9-10-4-2-1-3-5-10/h1-5,11,16H,6-9H2,(H,20,21). The van der Waals surface area contributed by atoms with Crippen molar-refractivity contribution in [1.82, 2.24) is 20.1 Å². The van der Waals surface area contributed by atoms with E-state index in [-0.39, 0.29) is 12.4 Å². The largest absolute Gasteiger partial charge is 0.475 e. The highest BCUT2D eigenvalue weighted by molar-refractivity contribution is 5.83. The van der Waals surface area contributed by atoms with Gasteiger partial charge < -0.3 is 15.2 Å². The number of carboxylic acid groups (broad SMARTS) is 1. The van der Waals surface area contributed by atoms with Crippen LogP contribution in [0.5, 0.6) is 0 Å². The maximum Gasteiger partial charge on any atom is 0.375 e. The van der Waals surface area contributed by atoms with Crippen LogP contribution in [0.25, 0.3) is 0 Å². The number of hydrogen-bond donors (Lipinski definition) is 2. The van der Waals surface area contributed by atoms with Gasteiger partial charge in [0.15, 0.2) is 6.04 Å². The predicted octanol–water partition coefficient (Wildman–Crippen LogP) is 0.754. The summed E-state index contributed by atoms with van der Waals surface area (Å²) < 4.78 is 6.70. The summed E-state index contributed by atoms with van der Waals surface area (Å²) in [4.78, 5) is 27.3. The zero-order valence-corrected chi connectivity index (χ0v) is 12.3. The number of aromatic carboxylic acids is 1. The summed E-state index contributed by atoms with van der Waals surface area (Å²) in [6.07, 6.45) is 0.461. The predicted molar refractivity (Wildman–Crippen MR) is 78.6 cm³/mol. The smallest absolute Gasteiger partial charge is 0.375 e. The van der Waals surface area contributed by atoms with E-state index in [9.17, 15) is 9.59 Å². The van der Waals surface area contributed by atoms with Crippen LogP contribution in [0.15, 0.2) is 30.3 Å². The van der Waals surface area contributed by atoms with Crippen LogP contribution >= 0.6 is 0 Å². The van der Waals surface area contributed by atoms with E-state index in [1.165, 1.54) is 4.68 Å². The molecule has 1 aliphatic heterocycles. The minimum Gasteiger partial charge on any atom is -0.475 e. The van der Waals surface area contributed by atoms with Crippen LogP contribution in [0, 0.1) is 0 Å². The van der Waals surface area contributed by atoms with Crippen molar-refractivity contribution in [3.63, 3.8) is 0 Å². The van der Waals surface area contributed by atoms with E-state index in [2.05, 4.69) is 15.4 Å². The van der Waals surface area contributed by atoms with Crippen LogP contribution in [0.2, 0.25) is 0 Å². The molecule has 1 unspecified atom stereocenters. The number of carbonyl (C=O) groups excluding carboxylic acids is 1. The Morgan fingerprint density at radius 2 is 2.13 bits per heavy atom. The molecule has 0 aliphatic carbocycles. The SMILES string of the molecule is O=C(O)c1nc2n(n1)C(C(=O)OCc1ccccc1)CCNC2. The van der Waals surface area contributed by atoms with E-state index in [0.717, 1.165) is 5.56 Å². The summed E-state index contributed by atoms with van der Waals surface area (Å²) in [5, 5.41) is 16.0. The molecule has 8 heteroatoms. The first-order chi connectivity index (χ1) is 11.1. The number of rotatable bonds is 4. The molecular weight excluding hydrogens is 300 g/mol. The number of fused-ring (bicyclic) bond motifs is 1. The van der Waals surface area contributed by atoms with Crippen molar-refractivity contribution < 1.29 is 19.4 Å². The van der Waals surface area contributed by atoms with Gasteiger partial charge in [-0.05, 0) is 18.5 Å². The van der Waals surface area contributed by atoms with Crippen molar-refractivity contribution in [2.75, 3.05) is 6.54 Å². The van der Waals surface area contributed by atoms with E-state index < -0.39 is 18.0 Å². The molecule has 23 heavy (non-hydrogen) atoms. The lowest BCUT2D eigenvalue weighted by Gasteiger charge is -2.15. The Balaban J connectivity index is 1.76. The van der Waals surface area contributed by atoms with Crippen LogP contribution in [-0.4, -0.2) is 38.4 Å². The lowest BCUT2D eigenvalue weighted by Crippen LogP contribution is -2.24. The van der Waals surface area contributed by atoms with Gasteiger partial charge >= 0.3 is 11.9 Å². The second-order valence-electron chi connectivity index (χ2n) is 5.18. The lowest BCUT2D eigenvalue weighted by atomic mass is 10.2. The Kier molecular flexibility index (Phi) is 4.33. The first-order valence-electron chi connectivity index (χ1n) is 7.25. The number of nitrogens with one attached hydrogen (secondary N) is 1. The fraction of sp³-hybridized carbons (Fsp3) is 0.333. The molecule has 1 aliphatic rings. The van der Waals surface area contributed by atoms with E-state index in [0.29, 0.717) is 25.3 Å². The molecule has 0 saturated carbocycles. The normalized spacial score (nSPS) is 17.1. The van der Waals surface area contributed by atoms with Gasteiger partial charge in [0.05, 0.1) is 6.54 Å². The molecule has 0 spiro atoms. The number of hydrogen-bond acceptors (Lipinski definition) is 6. The summed E-state index contributed by atoms with van der Waals surface area (Å²) in [6.45, 7) is 1.13. The van der Waals surface area contributed by atoms with E-state index in [4.69, 9.17) is 9.84 Å². The fourth-order valence-electron chi connectivity index (χ4n) is 2.42. The summed E-state index contributed by atoms with van der Waals surface area (Å²) >= 11 is 0. The zero-order chi connectivity index (χ0) is 16.2. The molecule has 0 bridgehead atoms. The molecule has 0 radical (unpaired) electrons. The van der Waals surface area contributed by atoms with E-state index in [1.807, 2.05) is 30.3 Å². The molecule has 0 saturated heterocycles. The first kappa shape index (κ1) is 15.2. The van der Waals surface area contributed by atoms with Crippen LogP contribution in [0.1, 0.15) is 34.5 Å². The number of benzene rings is 1. The van der Waals surface area contributed by atoms with Gasteiger partial charge in [-0.15, -0.1) is 5.10 Å². The Hall–Kier alpha value is -2.74. The third kappa shape index (κ3) is 3.37. The van der Waals surface area contributed by atoms with Gasteiger partial charge in [0.1, 0.15) is 12.4 Å². The molecule has 0 amide bonds. The van der Waals surface area contributed by atoms with Crippen molar-refractivity contribution in [1.29, 1.82) is 0 Å². The van der Waals surface area contributed by atoms with Crippen LogP contribution < -0.4 is 5.32 Å². The lowest BCUT2D eigenvalue weighted by molar-refractivity contribution is -0.149. The maximum atomic E-state index is 12.4. The van der Waals surface area contributed by atoms with Gasteiger partial charge in [-0.2, -0.15) is 0 Å². The molecule has 2 aromatic rings. The van der Waals surface area contributed by atoms with E-state index >= 15 is 0 Å². The van der Waals surface area contributed by atoms with Gasteiger partial charge in [0, 0.05) is 0 Å². The molecule has 120 valence electrons. The Morgan fingerprint density at radius 3 is 2.87 bits per heavy atom. The second-order valence-corrected chi connectivity index (χ2v) is 5.18. The van der Waals surface area contributed by atoms with Crippen molar-refractivity contribution in [3.05, 3.63) is 47.5 Å². The quantitative estimate of drug-likeness (QED) is 0.802. The van der Waals surface area contributed by atoms with Crippen LogP contribution in [0.3, 0.4) is 0 Å². The number of carbonyl (C=O) groups is 2. The third-order valence-electron chi connectivity index (χ3n) is 3.56. The summed E-state index contributed by atoms with van der Waals surface area (Å²) in [5.74, 6) is -1.56. The molecule has 0 fully saturated rings. The van der Waals surface area contributed by atoms with Crippen LogP contribution in [-0.2, 0) is 22.7 Å². The molecule has 8 nitrogen and oxygen atoms in total. The third-order valence-corrected chi connectivity index (χ3v) is 3.56. The Labute approximate surface area is 132 Å². The number of aromatic nitrogens is 3. The number of nitrogens with zero attached hydrogens (tertiary/aromatic N) is 3. The first-order valence-corrected chi connectivity index (χ1v) is 7.25. The summed E-state index contributed by atoms with van der Waals surface area (Å²) in [5.41, 5.74) is 0.887. The highest BCUT2D eigenvalue weighted by Gasteiger charge is 2.29. The highest BCUT2D eigenvalue weighted by atomic mass is 16.5. The monoisotopic (exact) mass is 316 g/mol. The topological polar surface area (TPSA) is 106 Å². The van der Waals surface area contributed by atoms with E-state index in [1.54, 1.807) is 0 Å². The Morgan fingerprint density at radius 1 is 1.35 bits per heavy atom. The second kappa shape index (κ2) is 6.57. The van der Waals surface area contributed by atoms with Crippen molar-refractivity contribution in [2.24, 2.45) is 0 Å². The zero-order valence-electron chi connectivity index (χ0n) is 12.3. The molecule has 2 heterocycles. The van der Waals surface area contributed by atoms with Crippen molar-refractivity contribution in [3.8, 4) is 0 Å². The molecule has 1 atom stereocenters. The van der Waals surface area contributed by atoms with Crippen LogP contribution in [0.4, 0.5) is 0 Å². The average molecular weight is 316 g/mol. The number of carboxylic acids is 1. The van der Waals surface area contributed by atoms with Crippen molar-refractivity contribution >= 4 is 11.9 Å². The highest BCUT2D eigenvalue weighted by Crippen LogP contribution is 2.18.